The van der Waals surface area contributed by atoms with Gasteiger partial charge in [-0.1, -0.05) is 29.3 Å². The van der Waals surface area contributed by atoms with Crippen LogP contribution in [-0.4, -0.2) is 29.9 Å². The summed E-state index contributed by atoms with van der Waals surface area (Å²) in [5.74, 6) is -0.792. The van der Waals surface area contributed by atoms with Gasteiger partial charge in [0.25, 0.3) is 5.91 Å². The van der Waals surface area contributed by atoms with Gasteiger partial charge in [0, 0.05) is 21.8 Å². The predicted molar refractivity (Wildman–Crippen MR) is 91.1 cm³/mol. The molecule has 0 radical (unpaired) electrons. The summed E-state index contributed by atoms with van der Waals surface area (Å²) < 4.78 is 4.83. The number of esters is 1. The Hall–Kier alpha value is -1.78. The fourth-order valence-corrected chi connectivity index (χ4v) is 3.06. The molecule has 1 aromatic carbocycles. The molecule has 0 aromatic heterocycles. The smallest absolute Gasteiger partial charge is 0.340 e. The van der Waals surface area contributed by atoms with Crippen LogP contribution in [0.1, 0.15) is 26.3 Å². The molecule has 0 N–H and O–H groups in total. The van der Waals surface area contributed by atoms with Crippen LogP contribution in [0.4, 0.5) is 0 Å². The van der Waals surface area contributed by atoms with Crippen LogP contribution in [0.5, 0.6) is 0 Å². The highest BCUT2D eigenvalue weighted by atomic mass is 35.5. The number of carbonyl (C=O) groups excluding carboxylic acids is 2. The summed E-state index contributed by atoms with van der Waals surface area (Å²) in [5, 5.41) is 0.904. The van der Waals surface area contributed by atoms with Gasteiger partial charge in [-0.3, -0.25) is 4.79 Å². The van der Waals surface area contributed by atoms with Gasteiger partial charge in [0.05, 0.1) is 18.3 Å². The zero-order valence-electron chi connectivity index (χ0n) is 13.3. The number of rotatable bonds is 3. The molecule has 122 valence electrons. The van der Waals surface area contributed by atoms with Gasteiger partial charge in [-0.05, 0) is 44.5 Å². The van der Waals surface area contributed by atoms with Crippen LogP contribution < -0.4 is 0 Å². The van der Waals surface area contributed by atoms with Gasteiger partial charge in [-0.15, -0.1) is 0 Å². The minimum Gasteiger partial charge on any atom is -0.465 e. The molecule has 0 spiro atoms. The highest BCUT2D eigenvalue weighted by Gasteiger charge is 2.38. The van der Waals surface area contributed by atoms with Gasteiger partial charge >= 0.3 is 5.97 Å². The van der Waals surface area contributed by atoms with E-state index in [0.717, 1.165) is 0 Å². The topological polar surface area (TPSA) is 46.6 Å². The van der Waals surface area contributed by atoms with Crippen molar-refractivity contribution in [2.24, 2.45) is 0 Å². The third kappa shape index (κ3) is 3.28. The van der Waals surface area contributed by atoms with Crippen LogP contribution in [0.3, 0.4) is 0 Å². The lowest BCUT2D eigenvalue weighted by Crippen LogP contribution is -2.31. The number of hydrogen-bond acceptors (Lipinski definition) is 3. The maximum absolute atomic E-state index is 12.7. The number of benzene rings is 1. The number of nitrogens with zero attached hydrogens (tertiary/aromatic N) is 1. The summed E-state index contributed by atoms with van der Waals surface area (Å²) in [6.07, 6.45) is 1.60. The fourth-order valence-electron chi connectivity index (χ4n) is 2.59. The molecule has 4 nitrogen and oxygen atoms in total. The molecule has 1 aliphatic rings. The summed E-state index contributed by atoms with van der Waals surface area (Å²) >= 11 is 12.1. The first-order valence-corrected chi connectivity index (χ1v) is 7.83. The molecule has 0 unspecified atom stereocenters. The van der Waals surface area contributed by atoms with Crippen molar-refractivity contribution in [2.45, 2.75) is 26.8 Å². The number of halogens is 2. The lowest BCUT2D eigenvalue weighted by atomic mass is 10.0. The molecular weight excluding hydrogens is 337 g/mol. The molecule has 6 heteroatoms. The van der Waals surface area contributed by atoms with Crippen molar-refractivity contribution in [3.63, 3.8) is 0 Å². The Morgan fingerprint density at radius 1 is 1.30 bits per heavy atom. The molecule has 1 heterocycles. The van der Waals surface area contributed by atoms with Crippen molar-refractivity contribution < 1.29 is 14.3 Å². The second kappa shape index (κ2) is 6.77. The van der Waals surface area contributed by atoms with Crippen molar-refractivity contribution in [3.8, 4) is 0 Å². The molecule has 2 rings (SSSR count). The van der Waals surface area contributed by atoms with Crippen LogP contribution in [0.2, 0.25) is 10.0 Å². The van der Waals surface area contributed by atoms with Gasteiger partial charge in [0.2, 0.25) is 0 Å². The van der Waals surface area contributed by atoms with Crippen molar-refractivity contribution in [3.05, 3.63) is 50.7 Å². The third-order valence-corrected chi connectivity index (χ3v) is 4.17. The minimum absolute atomic E-state index is 0.0752. The molecule has 0 saturated heterocycles. The second-order valence-corrected chi connectivity index (χ2v) is 6.29. The lowest BCUT2D eigenvalue weighted by Gasteiger charge is -2.22. The number of carbonyl (C=O) groups is 2. The van der Waals surface area contributed by atoms with E-state index in [2.05, 4.69) is 0 Å². The van der Waals surface area contributed by atoms with E-state index >= 15 is 0 Å². The molecule has 1 aliphatic heterocycles. The van der Waals surface area contributed by atoms with Crippen LogP contribution in [0, 0.1) is 0 Å². The summed E-state index contributed by atoms with van der Waals surface area (Å²) in [4.78, 5) is 26.4. The molecule has 0 atom stereocenters. The SMILES string of the molecule is COC(=O)C1=C(C)N(C(C)C)C(=O)C1=Cc1ccc(Cl)cc1Cl. The van der Waals surface area contributed by atoms with E-state index in [9.17, 15) is 9.59 Å². The van der Waals surface area contributed by atoms with E-state index in [1.54, 1.807) is 36.1 Å². The second-order valence-electron chi connectivity index (χ2n) is 5.44. The Morgan fingerprint density at radius 3 is 2.48 bits per heavy atom. The van der Waals surface area contributed by atoms with Crippen LogP contribution in [-0.2, 0) is 14.3 Å². The molecule has 0 fully saturated rings. The number of allylic oxidation sites excluding steroid dienone is 1. The Bertz CT molecular complexity index is 735. The normalized spacial score (nSPS) is 16.7. The number of ether oxygens (including phenoxy) is 1. The van der Waals surface area contributed by atoms with E-state index in [0.29, 0.717) is 21.3 Å². The molecule has 1 amide bonds. The molecule has 0 saturated carbocycles. The van der Waals surface area contributed by atoms with Crippen molar-refractivity contribution in [1.82, 2.24) is 4.90 Å². The zero-order valence-corrected chi connectivity index (χ0v) is 14.8. The quantitative estimate of drug-likeness (QED) is 0.607. The predicted octanol–water partition coefficient (Wildman–Crippen LogP) is 4.07. The Morgan fingerprint density at radius 2 is 1.96 bits per heavy atom. The summed E-state index contributed by atoms with van der Waals surface area (Å²) in [7, 11) is 1.29. The largest absolute Gasteiger partial charge is 0.465 e. The van der Waals surface area contributed by atoms with Gasteiger partial charge in [0.15, 0.2) is 0 Å². The first-order chi connectivity index (χ1) is 10.8. The van der Waals surface area contributed by atoms with Gasteiger partial charge in [0.1, 0.15) is 0 Å². The van der Waals surface area contributed by atoms with E-state index < -0.39 is 5.97 Å². The number of hydrogen-bond donors (Lipinski definition) is 0. The molecular formula is C17H17Cl2NO3. The van der Waals surface area contributed by atoms with Crippen molar-refractivity contribution in [2.75, 3.05) is 7.11 Å². The standard InChI is InChI=1S/C17H17Cl2NO3/c1-9(2)20-10(3)15(17(22)23-4)13(16(20)21)7-11-5-6-12(18)8-14(11)19/h5-9H,1-4H3. The highest BCUT2D eigenvalue weighted by molar-refractivity contribution is 6.35. The molecule has 1 aromatic rings. The average Bonchev–Trinajstić information content (AvgIpc) is 2.72. The first kappa shape index (κ1) is 17.6. The summed E-state index contributed by atoms with van der Waals surface area (Å²) in [5.41, 5.74) is 1.72. The van der Waals surface area contributed by atoms with Gasteiger partial charge in [-0.25, -0.2) is 4.79 Å². The maximum Gasteiger partial charge on any atom is 0.340 e. The summed E-state index contributed by atoms with van der Waals surface area (Å²) in [6, 6.07) is 4.89. The van der Waals surface area contributed by atoms with E-state index in [1.165, 1.54) is 7.11 Å². The highest BCUT2D eigenvalue weighted by Crippen LogP contribution is 2.34. The number of amides is 1. The number of methoxy groups -OCH3 is 1. The molecule has 0 aliphatic carbocycles. The van der Waals surface area contributed by atoms with Crippen molar-refractivity contribution in [1.29, 1.82) is 0 Å². The van der Waals surface area contributed by atoms with Crippen LogP contribution in [0.25, 0.3) is 6.08 Å². The Labute approximate surface area is 145 Å². The lowest BCUT2D eigenvalue weighted by molar-refractivity contribution is -0.136. The Balaban J connectivity index is 2.61. The maximum atomic E-state index is 12.7. The van der Waals surface area contributed by atoms with E-state index in [1.807, 2.05) is 13.8 Å². The van der Waals surface area contributed by atoms with Crippen molar-refractivity contribution >= 4 is 41.2 Å². The minimum atomic E-state index is -0.546. The molecule has 23 heavy (non-hydrogen) atoms. The van der Waals surface area contributed by atoms with E-state index in [-0.39, 0.29) is 23.1 Å². The van der Waals surface area contributed by atoms with Gasteiger partial charge in [-0.2, -0.15) is 0 Å². The fraction of sp³-hybridized carbons (Fsp3) is 0.294. The van der Waals surface area contributed by atoms with Gasteiger partial charge < -0.3 is 9.64 Å². The molecule has 0 bridgehead atoms. The average molecular weight is 354 g/mol. The Kier molecular flexibility index (Phi) is 5.17. The zero-order chi connectivity index (χ0) is 17.3. The van der Waals surface area contributed by atoms with E-state index in [4.69, 9.17) is 27.9 Å². The third-order valence-electron chi connectivity index (χ3n) is 3.61. The van der Waals surface area contributed by atoms with Crippen LogP contribution in [0.15, 0.2) is 35.0 Å². The first-order valence-electron chi connectivity index (χ1n) is 7.07. The monoisotopic (exact) mass is 353 g/mol. The van der Waals surface area contributed by atoms with Crippen LogP contribution >= 0.6 is 23.2 Å². The summed E-state index contributed by atoms with van der Waals surface area (Å²) in [6.45, 7) is 5.50.